The highest BCUT2D eigenvalue weighted by Gasteiger charge is 2.29. The summed E-state index contributed by atoms with van der Waals surface area (Å²) >= 11 is 0. The minimum absolute atomic E-state index is 0.0624. The first-order valence-corrected chi connectivity index (χ1v) is 5.61. The SMILES string of the molecule is Cn1cnc(C(C)(C)C)c(C(C)(C)C)c1=O. The Morgan fingerprint density at radius 1 is 1.06 bits per heavy atom. The van der Waals surface area contributed by atoms with E-state index in [2.05, 4.69) is 46.5 Å². The molecule has 1 rings (SSSR count). The van der Waals surface area contributed by atoms with Crippen molar-refractivity contribution < 1.29 is 0 Å². The number of hydrogen-bond acceptors (Lipinski definition) is 2. The molecule has 1 heterocycles. The van der Waals surface area contributed by atoms with Crippen molar-refractivity contribution >= 4 is 0 Å². The molecule has 0 atom stereocenters. The Morgan fingerprint density at radius 3 is 1.94 bits per heavy atom. The molecule has 1 aromatic rings. The second-order valence-electron chi connectivity index (χ2n) is 6.38. The Balaban J connectivity index is 3.66. The Kier molecular flexibility index (Phi) is 3.01. The fourth-order valence-corrected chi connectivity index (χ4v) is 1.78. The predicted octanol–water partition coefficient (Wildman–Crippen LogP) is 2.38. The van der Waals surface area contributed by atoms with Crippen LogP contribution in [0.15, 0.2) is 11.1 Å². The molecular weight excluding hydrogens is 200 g/mol. The molecule has 3 nitrogen and oxygen atoms in total. The summed E-state index contributed by atoms with van der Waals surface area (Å²) < 4.78 is 1.55. The number of hydrogen-bond donors (Lipinski definition) is 0. The highest BCUT2D eigenvalue weighted by Crippen LogP contribution is 2.29. The average molecular weight is 222 g/mol. The molecule has 16 heavy (non-hydrogen) atoms. The Labute approximate surface area is 97.5 Å². The largest absolute Gasteiger partial charge is 0.302 e. The van der Waals surface area contributed by atoms with E-state index in [-0.39, 0.29) is 16.4 Å². The molecule has 0 spiro atoms. The molecule has 0 unspecified atom stereocenters. The van der Waals surface area contributed by atoms with Crippen LogP contribution in [0.2, 0.25) is 0 Å². The minimum atomic E-state index is -0.175. The molecule has 0 aliphatic carbocycles. The van der Waals surface area contributed by atoms with Crippen molar-refractivity contribution in [3.8, 4) is 0 Å². The first-order valence-electron chi connectivity index (χ1n) is 5.61. The third-order valence-corrected chi connectivity index (χ3v) is 2.59. The molecule has 0 saturated heterocycles. The molecule has 0 aliphatic rings. The standard InChI is InChI=1S/C13H22N2O/c1-12(2,3)9-10(13(4,5)6)14-8-15(7)11(9)16/h8H,1-7H3. The highest BCUT2D eigenvalue weighted by molar-refractivity contribution is 5.29. The van der Waals surface area contributed by atoms with Crippen LogP contribution in [0.3, 0.4) is 0 Å². The summed E-state index contributed by atoms with van der Waals surface area (Å²) in [6.45, 7) is 12.4. The van der Waals surface area contributed by atoms with Crippen molar-refractivity contribution in [2.45, 2.75) is 52.4 Å². The highest BCUT2D eigenvalue weighted by atomic mass is 16.1. The zero-order chi connectivity index (χ0) is 12.7. The van der Waals surface area contributed by atoms with Crippen LogP contribution < -0.4 is 5.56 Å². The molecule has 0 aliphatic heterocycles. The van der Waals surface area contributed by atoms with Gasteiger partial charge in [0.05, 0.1) is 12.0 Å². The van der Waals surface area contributed by atoms with E-state index in [1.165, 1.54) is 0 Å². The molecule has 0 N–H and O–H groups in total. The number of aromatic nitrogens is 2. The lowest BCUT2D eigenvalue weighted by Crippen LogP contribution is -2.35. The third-order valence-electron chi connectivity index (χ3n) is 2.59. The van der Waals surface area contributed by atoms with E-state index in [0.717, 1.165) is 11.3 Å². The minimum Gasteiger partial charge on any atom is -0.302 e. The van der Waals surface area contributed by atoms with Gasteiger partial charge < -0.3 is 4.57 Å². The van der Waals surface area contributed by atoms with Crippen molar-refractivity contribution in [2.24, 2.45) is 7.05 Å². The maximum absolute atomic E-state index is 12.2. The summed E-state index contributed by atoms with van der Waals surface area (Å²) in [5, 5.41) is 0. The predicted molar refractivity (Wildman–Crippen MR) is 66.9 cm³/mol. The van der Waals surface area contributed by atoms with Gasteiger partial charge in [-0.25, -0.2) is 4.98 Å². The van der Waals surface area contributed by atoms with Crippen LogP contribution in [0.25, 0.3) is 0 Å². The Bertz CT molecular complexity index is 444. The summed E-state index contributed by atoms with van der Waals surface area (Å²) in [6.07, 6.45) is 1.61. The van der Waals surface area contributed by atoms with Gasteiger partial charge in [-0.3, -0.25) is 4.79 Å². The maximum atomic E-state index is 12.2. The first kappa shape index (κ1) is 12.9. The number of rotatable bonds is 0. The molecule has 90 valence electrons. The molecule has 3 heteroatoms. The molecule has 1 aromatic heterocycles. The van der Waals surface area contributed by atoms with Gasteiger partial charge in [0, 0.05) is 18.0 Å². The number of aryl methyl sites for hydroxylation is 1. The molecule has 0 aromatic carbocycles. The average Bonchev–Trinajstić information content (AvgIpc) is 2.05. The summed E-state index contributed by atoms with van der Waals surface area (Å²) in [5.41, 5.74) is 1.52. The Morgan fingerprint density at radius 2 is 1.56 bits per heavy atom. The van der Waals surface area contributed by atoms with E-state index >= 15 is 0 Å². The molecular formula is C13H22N2O. The second-order valence-corrected chi connectivity index (χ2v) is 6.38. The molecule has 0 amide bonds. The molecule has 0 saturated carbocycles. The van der Waals surface area contributed by atoms with Crippen LogP contribution in [0.5, 0.6) is 0 Å². The molecule has 0 fully saturated rings. The van der Waals surface area contributed by atoms with E-state index in [1.807, 2.05) is 0 Å². The van der Waals surface area contributed by atoms with Crippen LogP contribution in [-0.2, 0) is 17.9 Å². The summed E-state index contributed by atoms with van der Waals surface area (Å²) in [7, 11) is 1.75. The summed E-state index contributed by atoms with van der Waals surface area (Å²) in [5.74, 6) is 0. The van der Waals surface area contributed by atoms with E-state index in [4.69, 9.17) is 0 Å². The van der Waals surface area contributed by atoms with E-state index in [1.54, 1.807) is 17.9 Å². The summed E-state index contributed by atoms with van der Waals surface area (Å²) in [4.78, 5) is 16.6. The summed E-state index contributed by atoms with van der Waals surface area (Å²) in [6, 6.07) is 0. The van der Waals surface area contributed by atoms with Gasteiger partial charge in [0.2, 0.25) is 0 Å². The van der Waals surface area contributed by atoms with Crippen LogP contribution in [0, 0.1) is 0 Å². The fraction of sp³-hybridized carbons (Fsp3) is 0.692. The topological polar surface area (TPSA) is 34.9 Å². The zero-order valence-electron chi connectivity index (χ0n) is 11.4. The van der Waals surface area contributed by atoms with Crippen LogP contribution in [0.1, 0.15) is 52.8 Å². The van der Waals surface area contributed by atoms with Gasteiger partial charge >= 0.3 is 0 Å². The number of nitrogens with zero attached hydrogens (tertiary/aromatic N) is 2. The lowest BCUT2D eigenvalue weighted by molar-refractivity contribution is 0.497. The molecule has 0 bridgehead atoms. The van der Waals surface area contributed by atoms with Crippen molar-refractivity contribution in [1.82, 2.24) is 9.55 Å². The van der Waals surface area contributed by atoms with E-state index in [9.17, 15) is 4.79 Å². The van der Waals surface area contributed by atoms with Gasteiger partial charge in [0.15, 0.2) is 0 Å². The lowest BCUT2D eigenvalue weighted by atomic mass is 9.79. The van der Waals surface area contributed by atoms with Crippen molar-refractivity contribution in [1.29, 1.82) is 0 Å². The van der Waals surface area contributed by atoms with Gasteiger partial charge in [0.1, 0.15) is 0 Å². The van der Waals surface area contributed by atoms with Gasteiger partial charge in [-0.1, -0.05) is 41.5 Å². The van der Waals surface area contributed by atoms with E-state index in [0.29, 0.717) is 0 Å². The van der Waals surface area contributed by atoms with Crippen LogP contribution >= 0.6 is 0 Å². The first-order chi connectivity index (χ1) is 7.05. The van der Waals surface area contributed by atoms with Crippen molar-refractivity contribution in [3.05, 3.63) is 27.9 Å². The smallest absolute Gasteiger partial charge is 0.257 e. The molecule has 0 radical (unpaired) electrons. The van der Waals surface area contributed by atoms with Gasteiger partial charge in [-0.15, -0.1) is 0 Å². The lowest BCUT2D eigenvalue weighted by Gasteiger charge is -2.28. The maximum Gasteiger partial charge on any atom is 0.257 e. The fourth-order valence-electron chi connectivity index (χ4n) is 1.78. The van der Waals surface area contributed by atoms with E-state index < -0.39 is 0 Å². The van der Waals surface area contributed by atoms with Crippen molar-refractivity contribution in [3.63, 3.8) is 0 Å². The third kappa shape index (κ3) is 2.34. The quantitative estimate of drug-likeness (QED) is 0.675. The zero-order valence-corrected chi connectivity index (χ0v) is 11.4. The monoisotopic (exact) mass is 222 g/mol. The Hall–Kier alpha value is -1.12. The normalized spacial score (nSPS) is 12.9. The van der Waals surface area contributed by atoms with Crippen LogP contribution in [0.4, 0.5) is 0 Å². The second kappa shape index (κ2) is 3.72. The van der Waals surface area contributed by atoms with Gasteiger partial charge in [-0.2, -0.15) is 0 Å². The van der Waals surface area contributed by atoms with Gasteiger partial charge in [-0.05, 0) is 5.41 Å². The van der Waals surface area contributed by atoms with Gasteiger partial charge in [0.25, 0.3) is 5.56 Å². The van der Waals surface area contributed by atoms with Crippen molar-refractivity contribution in [2.75, 3.05) is 0 Å². The van der Waals surface area contributed by atoms with Crippen LogP contribution in [-0.4, -0.2) is 9.55 Å².